The average molecular weight is 491 g/mol. The van der Waals surface area contributed by atoms with Gasteiger partial charge in [0.1, 0.15) is 5.82 Å². The van der Waals surface area contributed by atoms with Crippen LogP contribution >= 0.6 is 15.9 Å². The van der Waals surface area contributed by atoms with Crippen molar-refractivity contribution in [3.05, 3.63) is 86.9 Å². The molecular weight excluding hydrogens is 476 g/mol. The van der Waals surface area contributed by atoms with Crippen LogP contribution in [0.1, 0.15) is 5.56 Å². The second-order valence-corrected chi connectivity index (χ2v) is 7.89. The zero-order chi connectivity index (χ0) is 22.1. The number of pyridine rings is 1. The van der Waals surface area contributed by atoms with Crippen molar-refractivity contribution in [1.29, 1.82) is 0 Å². The zero-order valence-corrected chi connectivity index (χ0v) is 18.1. The number of hydrogen-bond donors (Lipinski definition) is 1. The Balaban J connectivity index is 1.51. The van der Waals surface area contributed by atoms with Gasteiger partial charge in [-0.2, -0.15) is 5.10 Å². The van der Waals surface area contributed by atoms with E-state index in [-0.39, 0.29) is 12.5 Å². The van der Waals surface area contributed by atoms with Crippen molar-refractivity contribution in [2.75, 3.05) is 12.2 Å². The molecule has 0 spiro atoms. The van der Waals surface area contributed by atoms with Crippen LogP contribution in [-0.2, 0) is 0 Å². The van der Waals surface area contributed by atoms with Crippen molar-refractivity contribution >= 4 is 44.6 Å². The highest BCUT2D eigenvalue weighted by atomic mass is 79.9. The van der Waals surface area contributed by atoms with E-state index in [1.165, 1.54) is 18.3 Å². The van der Waals surface area contributed by atoms with Crippen molar-refractivity contribution < 1.29 is 14.4 Å². The van der Waals surface area contributed by atoms with Crippen molar-refractivity contribution in [2.24, 2.45) is 5.10 Å². The molecule has 3 aromatic carbocycles. The first kappa shape index (κ1) is 20.0. The van der Waals surface area contributed by atoms with Crippen molar-refractivity contribution in [3.63, 3.8) is 0 Å². The molecule has 2 heterocycles. The monoisotopic (exact) mass is 490 g/mol. The smallest absolute Gasteiger partial charge is 0.282 e. The lowest BCUT2D eigenvalue weighted by Crippen LogP contribution is -1.98. The maximum Gasteiger partial charge on any atom is 0.282 e. The molecule has 5 rings (SSSR count). The van der Waals surface area contributed by atoms with E-state index in [2.05, 4.69) is 31.4 Å². The normalized spacial score (nSPS) is 12.4. The standard InChI is InChI=1S/C23H15BrN4O4/c24-16-6-7-19-18(9-16)17(14-4-2-1-3-5-14)10-23(26-19)27-25-12-15-8-21-22(32-13-31-21)11-20(15)28(29)30/h1-12H,13H2,(H,26,27)/b25-12+. The van der Waals surface area contributed by atoms with Gasteiger partial charge < -0.3 is 9.47 Å². The third kappa shape index (κ3) is 3.85. The Morgan fingerprint density at radius 2 is 1.84 bits per heavy atom. The van der Waals surface area contributed by atoms with Gasteiger partial charge in [0, 0.05) is 9.86 Å². The van der Waals surface area contributed by atoms with Gasteiger partial charge in [0.2, 0.25) is 6.79 Å². The molecule has 0 atom stereocenters. The summed E-state index contributed by atoms with van der Waals surface area (Å²) < 4.78 is 11.5. The van der Waals surface area contributed by atoms with E-state index >= 15 is 0 Å². The Hall–Kier alpha value is -3.98. The van der Waals surface area contributed by atoms with Gasteiger partial charge >= 0.3 is 0 Å². The van der Waals surface area contributed by atoms with Crippen LogP contribution in [0.25, 0.3) is 22.0 Å². The van der Waals surface area contributed by atoms with Crippen molar-refractivity contribution in [3.8, 4) is 22.6 Å². The Bertz CT molecular complexity index is 1380. The van der Waals surface area contributed by atoms with Gasteiger partial charge in [-0.15, -0.1) is 0 Å². The van der Waals surface area contributed by atoms with Crippen LogP contribution in [0, 0.1) is 10.1 Å². The molecule has 0 saturated carbocycles. The van der Waals surface area contributed by atoms with Gasteiger partial charge in [-0.1, -0.05) is 46.3 Å². The number of ether oxygens (including phenoxy) is 2. The number of anilines is 1. The average Bonchev–Trinajstić information content (AvgIpc) is 3.26. The number of nitrogens with zero attached hydrogens (tertiary/aromatic N) is 3. The highest BCUT2D eigenvalue weighted by Gasteiger charge is 2.22. The van der Waals surface area contributed by atoms with Gasteiger partial charge in [-0.25, -0.2) is 4.98 Å². The van der Waals surface area contributed by atoms with Gasteiger partial charge in [0.25, 0.3) is 5.69 Å². The van der Waals surface area contributed by atoms with Crippen molar-refractivity contribution in [1.82, 2.24) is 4.98 Å². The minimum atomic E-state index is -0.483. The van der Waals surface area contributed by atoms with Crippen LogP contribution in [0.4, 0.5) is 11.5 Å². The predicted octanol–water partition coefficient (Wildman–Crippen LogP) is 5.75. The lowest BCUT2D eigenvalue weighted by atomic mass is 10.0. The van der Waals surface area contributed by atoms with Crippen LogP contribution in [0.2, 0.25) is 0 Å². The molecule has 0 saturated heterocycles. The maximum absolute atomic E-state index is 11.4. The summed E-state index contributed by atoms with van der Waals surface area (Å²) in [5, 5.41) is 16.6. The van der Waals surface area contributed by atoms with E-state index in [9.17, 15) is 10.1 Å². The van der Waals surface area contributed by atoms with E-state index in [1.54, 1.807) is 0 Å². The fourth-order valence-electron chi connectivity index (χ4n) is 3.49. The van der Waals surface area contributed by atoms with Gasteiger partial charge in [0.05, 0.1) is 28.3 Å². The first-order valence-corrected chi connectivity index (χ1v) is 10.4. The van der Waals surface area contributed by atoms with Crippen LogP contribution < -0.4 is 14.9 Å². The number of halogens is 1. The van der Waals surface area contributed by atoms with E-state index < -0.39 is 4.92 Å². The molecule has 158 valence electrons. The number of nitro benzene ring substituents is 1. The second kappa shape index (κ2) is 8.27. The molecule has 0 amide bonds. The SMILES string of the molecule is O=[N+]([O-])c1cc2c(cc1/C=N/Nc1cc(-c3ccccc3)c3cc(Br)ccc3n1)OCO2. The van der Waals surface area contributed by atoms with E-state index in [0.29, 0.717) is 22.9 Å². The molecule has 32 heavy (non-hydrogen) atoms. The molecule has 4 aromatic rings. The molecule has 0 unspecified atom stereocenters. The number of nitrogens with one attached hydrogen (secondary N) is 1. The van der Waals surface area contributed by atoms with E-state index in [1.807, 2.05) is 54.6 Å². The topological polar surface area (TPSA) is 98.9 Å². The van der Waals surface area contributed by atoms with Gasteiger partial charge in [-0.05, 0) is 41.5 Å². The molecule has 8 nitrogen and oxygen atoms in total. The predicted molar refractivity (Wildman–Crippen MR) is 125 cm³/mol. The molecule has 0 fully saturated rings. The number of aromatic nitrogens is 1. The minimum Gasteiger partial charge on any atom is -0.454 e. The Morgan fingerprint density at radius 1 is 1.06 bits per heavy atom. The summed E-state index contributed by atoms with van der Waals surface area (Å²) in [4.78, 5) is 15.6. The summed E-state index contributed by atoms with van der Waals surface area (Å²) in [7, 11) is 0. The molecule has 1 N–H and O–H groups in total. The summed E-state index contributed by atoms with van der Waals surface area (Å²) in [6, 6.07) is 20.6. The van der Waals surface area contributed by atoms with E-state index in [4.69, 9.17) is 9.47 Å². The summed E-state index contributed by atoms with van der Waals surface area (Å²) in [5.74, 6) is 1.30. The van der Waals surface area contributed by atoms with Gasteiger partial charge in [0.15, 0.2) is 11.5 Å². The molecule has 1 aliphatic heterocycles. The Labute approximate surface area is 190 Å². The highest BCUT2D eigenvalue weighted by molar-refractivity contribution is 9.10. The van der Waals surface area contributed by atoms with Crippen LogP contribution in [0.3, 0.4) is 0 Å². The number of benzene rings is 3. The molecular formula is C23H15BrN4O4. The summed E-state index contributed by atoms with van der Waals surface area (Å²) in [6.45, 7) is 0.0325. The number of fused-ring (bicyclic) bond motifs is 2. The second-order valence-electron chi connectivity index (χ2n) is 6.97. The third-order valence-electron chi connectivity index (χ3n) is 4.96. The molecule has 0 bridgehead atoms. The first-order chi connectivity index (χ1) is 15.6. The molecule has 1 aromatic heterocycles. The summed E-state index contributed by atoms with van der Waals surface area (Å²) >= 11 is 3.52. The number of nitro groups is 1. The summed E-state index contributed by atoms with van der Waals surface area (Å²) in [6.07, 6.45) is 1.37. The molecule has 9 heteroatoms. The van der Waals surface area contributed by atoms with Crippen molar-refractivity contribution in [2.45, 2.75) is 0 Å². The fourth-order valence-corrected chi connectivity index (χ4v) is 3.85. The van der Waals surface area contributed by atoms with E-state index in [0.717, 1.165) is 26.5 Å². The first-order valence-electron chi connectivity index (χ1n) is 9.61. The molecule has 0 aliphatic carbocycles. The molecule has 0 radical (unpaired) electrons. The van der Waals surface area contributed by atoms with Crippen LogP contribution in [0.15, 0.2) is 76.3 Å². The lowest BCUT2D eigenvalue weighted by molar-refractivity contribution is -0.385. The molecule has 1 aliphatic rings. The highest BCUT2D eigenvalue weighted by Crippen LogP contribution is 2.37. The number of hydrazone groups is 1. The van der Waals surface area contributed by atoms with Crippen LogP contribution in [0.5, 0.6) is 11.5 Å². The fraction of sp³-hybridized carbons (Fsp3) is 0.0435. The summed E-state index contributed by atoms with van der Waals surface area (Å²) in [5.41, 5.74) is 5.88. The third-order valence-corrected chi connectivity index (χ3v) is 5.45. The maximum atomic E-state index is 11.4. The Kier molecular flexibility index (Phi) is 5.16. The Morgan fingerprint density at radius 3 is 2.62 bits per heavy atom. The minimum absolute atomic E-state index is 0.0325. The van der Waals surface area contributed by atoms with Crippen LogP contribution in [-0.4, -0.2) is 22.9 Å². The lowest BCUT2D eigenvalue weighted by Gasteiger charge is -2.10. The number of rotatable bonds is 5. The largest absolute Gasteiger partial charge is 0.454 e. The zero-order valence-electron chi connectivity index (χ0n) is 16.5. The quantitative estimate of drug-likeness (QED) is 0.217. The van der Waals surface area contributed by atoms with Gasteiger partial charge in [-0.3, -0.25) is 15.5 Å². The number of hydrogen-bond acceptors (Lipinski definition) is 7.